The van der Waals surface area contributed by atoms with Crippen molar-refractivity contribution in [3.05, 3.63) is 23.3 Å². The highest BCUT2D eigenvalue weighted by atomic mass is 14.1. The highest BCUT2D eigenvalue weighted by Gasteiger charge is 2.08. The maximum Gasteiger partial charge on any atom is -0.0139 e. The molecule has 0 unspecified atom stereocenters. The molecule has 0 bridgehead atoms. The number of hydrogen-bond acceptors (Lipinski definition) is 0. The lowest BCUT2D eigenvalue weighted by Gasteiger charge is -2.01. The van der Waals surface area contributed by atoms with Crippen LogP contribution in [-0.4, -0.2) is 0 Å². The summed E-state index contributed by atoms with van der Waals surface area (Å²) < 4.78 is 0. The van der Waals surface area contributed by atoms with Gasteiger partial charge in [-0.05, 0) is 46.0 Å². The summed E-state index contributed by atoms with van der Waals surface area (Å²) in [6.45, 7) is 4.37. The molecule has 0 aliphatic heterocycles. The van der Waals surface area contributed by atoms with E-state index in [0.717, 1.165) is 0 Å². The van der Waals surface area contributed by atoms with Gasteiger partial charge in [-0.2, -0.15) is 0 Å². The Morgan fingerprint density at radius 3 is 2.55 bits per heavy atom. The molecule has 1 aliphatic carbocycles. The quantitative estimate of drug-likeness (QED) is 0.524. The van der Waals surface area contributed by atoms with Gasteiger partial charge in [0.1, 0.15) is 0 Å². The first-order valence-electron chi connectivity index (χ1n) is 4.63. The van der Waals surface area contributed by atoms with Crippen LogP contribution in [0, 0.1) is 0 Å². The lowest BCUT2D eigenvalue weighted by Crippen LogP contribution is -1.80. The molecule has 0 N–H and O–H groups in total. The molecule has 0 heterocycles. The predicted octanol–water partition coefficient (Wildman–Crippen LogP) is 3.84. The Bertz CT molecular complexity index is 164. The zero-order valence-corrected chi connectivity index (χ0v) is 7.69. The van der Waals surface area contributed by atoms with Crippen LogP contribution in [0.4, 0.5) is 0 Å². The Labute approximate surface area is 70.0 Å². The molecule has 1 saturated carbocycles. The molecule has 0 nitrogen and oxygen atoms in total. The van der Waals surface area contributed by atoms with Gasteiger partial charge in [-0.15, -0.1) is 0 Å². The van der Waals surface area contributed by atoms with Crippen molar-refractivity contribution in [3.8, 4) is 0 Å². The zero-order chi connectivity index (χ0) is 8.10. The molecule has 1 fully saturated rings. The van der Waals surface area contributed by atoms with Crippen LogP contribution < -0.4 is 0 Å². The van der Waals surface area contributed by atoms with Gasteiger partial charge in [0.05, 0.1) is 0 Å². The van der Waals surface area contributed by atoms with Gasteiger partial charge in [0.2, 0.25) is 0 Å². The molecule has 1 rings (SSSR count). The number of rotatable bonds is 2. The third-order valence-corrected chi connectivity index (χ3v) is 2.47. The Balaban J connectivity index is 2.48. The highest BCUT2D eigenvalue weighted by Crippen LogP contribution is 2.27. The molecule has 0 atom stereocenters. The van der Waals surface area contributed by atoms with Crippen molar-refractivity contribution in [1.82, 2.24) is 0 Å². The van der Waals surface area contributed by atoms with E-state index in [1.54, 1.807) is 11.1 Å². The predicted molar refractivity (Wildman–Crippen MR) is 50.6 cm³/mol. The first-order chi connectivity index (χ1) is 5.34. The van der Waals surface area contributed by atoms with Gasteiger partial charge in [-0.3, -0.25) is 0 Å². The van der Waals surface area contributed by atoms with Crippen molar-refractivity contribution in [2.24, 2.45) is 0 Å². The smallest absolute Gasteiger partial charge is 0.0139 e. The summed E-state index contributed by atoms with van der Waals surface area (Å²) in [5.41, 5.74) is 3.34. The second-order valence-electron chi connectivity index (χ2n) is 3.36. The summed E-state index contributed by atoms with van der Waals surface area (Å²) in [6.07, 6.45) is 11.1. The van der Waals surface area contributed by atoms with Gasteiger partial charge in [-0.25, -0.2) is 0 Å². The third kappa shape index (κ3) is 2.53. The molecule has 0 aromatic carbocycles. The molecule has 0 aromatic heterocycles. The van der Waals surface area contributed by atoms with Crippen molar-refractivity contribution in [3.63, 3.8) is 0 Å². The van der Waals surface area contributed by atoms with Gasteiger partial charge in [0.15, 0.2) is 0 Å². The van der Waals surface area contributed by atoms with Gasteiger partial charge in [0, 0.05) is 0 Å². The van der Waals surface area contributed by atoms with Crippen LogP contribution >= 0.6 is 0 Å². The standard InChI is InChI=1S/C11H18/c1-3-4-7-10(2)11-8-5-6-9-11/h3-4H,5-9H2,1-2H3. The SMILES string of the molecule is CC=CCC(C)=C1CCCC1. The molecule has 0 radical (unpaired) electrons. The van der Waals surface area contributed by atoms with Gasteiger partial charge in [-0.1, -0.05) is 23.3 Å². The van der Waals surface area contributed by atoms with E-state index in [1.165, 1.54) is 32.1 Å². The fourth-order valence-electron chi connectivity index (χ4n) is 1.67. The first kappa shape index (κ1) is 8.58. The molecular weight excluding hydrogens is 132 g/mol. The molecular formula is C11H18. The average Bonchev–Trinajstić information content (AvgIpc) is 2.52. The van der Waals surface area contributed by atoms with Crippen LogP contribution in [-0.2, 0) is 0 Å². The molecule has 0 aromatic rings. The molecule has 11 heavy (non-hydrogen) atoms. The van der Waals surface area contributed by atoms with E-state index in [0.29, 0.717) is 0 Å². The molecule has 62 valence electrons. The third-order valence-electron chi connectivity index (χ3n) is 2.47. The Morgan fingerprint density at radius 1 is 1.36 bits per heavy atom. The number of allylic oxidation sites excluding steroid dienone is 4. The highest BCUT2D eigenvalue weighted by molar-refractivity contribution is 5.17. The maximum absolute atomic E-state index is 2.28. The largest absolute Gasteiger partial charge is 0.0913 e. The van der Waals surface area contributed by atoms with Crippen LogP contribution in [0.15, 0.2) is 23.3 Å². The fourth-order valence-corrected chi connectivity index (χ4v) is 1.67. The minimum Gasteiger partial charge on any atom is -0.0913 e. The van der Waals surface area contributed by atoms with Crippen molar-refractivity contribution in [2.45, 2.75) is 46.0 Å². The van der Waals surface area contributed by atoms with E-state index >= 15 is 0 Å². The van der Waals surface area contributed by atoms with Crippen molar-refractivity contribution in [1.29, 1.82) is 0 Å². The minimum atomic E-state index is 1.17. The van der Waals surface area contributed by atoms with Gasteiger partial charge >= 0.3 is 0 Å². The number of hydrogen-bond donors (Lipinski definition) is 0. The van der Waals surface area contributed by atoms with Crippen LogP contribution in [0.5, 0.6) is 0 Å². The van der Waals surface area contributed by atoms with Gasteiger partial charge < -0.3 is 0 Å². The van der Waals surface area contributed by atoms with Crippen molar-refractivity contribution >= 4 is 0 Å². The molecule has 1 aliphatic rings. The molecule has 0 amide bonds. The summed E-state index contributed by atoms with van der Waals surface area (Å²) in [5, 5.41) is 0. The maximum atomic E-state index is 2.28. The Morgan fingerprint density at radius 2 is 2.00 bits per heavy atom. The van der Waals surface area contributed by atoms with Crippen LogP contribution in [0.25, 0.3) is 0 Å². The topological polar surface area (TPSA) is 0 Å². The summed E-state index contributed by atoms with van der Waals surface area (Å²) in [4.78, 5) is 0. The second kappa shape index (κ2) is 4.38. The van der Waals surface area contributed by atoms with E-state index < -0.39 is 0 Å². The fraction of sp³-hybridized carbons (Fsp3) is 0.636. The molecule has 0 heteroatoms. The van der Waals surface area contributed by atoms with Gasteiger partial charge in [0.25, 0.3) is 0 Å². The monoisotopic (exact) mass is 150 g/mol. The van der Waals surface area contributed by atoms with E-state index in [1.807, 2.05) is 0 Å². The Kier molecular flexibility index (Phi) is 3.41. The van der Waals surface area contributed by atoms with Crippen molar-refractivity contribution in [2.75, 3.05) is 0 Å². The summed E-state index contributed by atoms with van der Waals surface area (Å²) >= 11 is 0. The normalized spacial score (nSPS) is 18.2. The minimum absolute atomic E-state index is 1.17. The van der Waals surface area contributed by atoms with Crippen LogP contribution in [0.2, 0.25) is 0 Å². The van der Waals surface area contributed by atoms with Crippen LogP contribution in [0.1, 0.15) is 46.0 Å². The lowest BCUT2D eigenvalue weighted by molar-refractivity contribution is 0.886. The lowest BCUT2D eigenvalue weighted by atomic mass is 10.1. The second-order valence-corrected chi connectivity index (χ2v) is 3.36. The molecule has 0 spiro atoms. The summed E-state index contributed by atoms with van der Waals surface area (Å²) in [5.74, 6) is 0. The Hall–Kier alpha value is -0.520. The van der Waals surface area contributed by atoms with Crippen molar-refractivity contribution < 1.29 is 0 Å². The van der Waals surface area contributed by atoms with E-state index in [9.17, 15) is 0 Å². The molecule has 0 saturated heterocycles. The summed E-state index contributed by atoms with van der Waals surface area (Å²) in [7, 11) is 0. The van der Waals surface area contributed by atoms with E-state index in [-0.39, 0.29) is 0 Å². The average molecular weight is 150 g/mol. The van der Waals surface area contributed by atoms with E-state index in [2.05, 4.69) is 26.0 Å². The summed E-state index contributed by atoms with van der Waals surface area (Å²) in [6, 6.07) is 0. The van der Waals surface area contributed by atoms with Crippen LogP contribution in [0.3, 0.4) is 0 Å². The zero-order valence-electron chi connectivity index (χ0n) is 7.69. The van der Waals surface area contributed by atoms with E-state index in [4.69, 9.17) is 0 Å². The first-order valence-corrected chi connectivity index (χ1v) is 4.63.